The molecule has 0 atom stereocenters. The summed E-state index contributed by atoms with van der Waals surface area (Å²) in [5.41, 5.74) is 2.05. The number of nitrogens with one attached hydrogen (secondary N) is 1. The predicted octanol–water partition coefficient (Wildman–Crippen LogP) is 4.07. The molecule has 0 spiro atoms. The largest absolute Gasteiger partial charge is 0.493 e. The summed E-state index contributed by atoms with van der Waals surface area (Å²) in [6.45, 7) is 0.225. The van der Waals surface area contributed by atoms with Gasteiger partial charge < -0.3 is 9.47 Å². The average molecular weight is 492 g/mol. The third kappa shape index (κ3) is 4.43. The lowest BCUT2D eigenvalue weighted by molar-refractivity contribution is -0.115. The van der Waals surface area contributed by atoms with Gasteiger partial charge in [0, 0.05) is 5.56 Å². The summed E-state index contributed by atoms with van der Waals surface area (Å²) in [7, 11) is 1.53. The van der Waals surface area contributed by atoms with Gasteiger partial charge in [-0.1, -0.05) is 18.2 Å². The number of benzene rings is 2. The standard InChI is InChI=1S/C19H13IN2O4S/c1-25-15-7-11(8-16-18(23)22-19(24)27-16)6-14(20)17(15)26-10-13-5-3-2-4-12(13)9-21/h2-8H,10H2,1H3,(H,22,23,24)/b16-8-. The van der Waals surface area contributed by atoms with Crippen LogP contribution in [0.15, 0.2) is 41.3 Å². The number of carbonyl (C=O) groups excluding carboxylic acids is 2. The van der Waals surface area contributed by atoms with E-state index in [4.69, 9.17) is 9.47 Å². The number of halogens is 1. The Kier molecular flexibility index (Phi) is 6.03. The highest BCUT2D eigenvalue weighted by atomic mass is 127. The van der Waals surface area contributed by atoms with E-state index < -0.39 is 5.91 Å². The average Bonchev–Trinajstić information content (AvgIpc) is 2.97. The number of rotatable bonds is 5. The fourth-order valence-corrected chi connectivity index (χ4v) is 3.90. The van der Waals surface area contributed by atoms with Gasteiger partial charge in [-0.3, -0.25) is 14.9 Å². The van der Waals surface area contributed by atoms with E-state index in [0.717, 1.165) is 20.9 Å². The number of nitriles is 1. The molecule has 1 N–H and O–H groups in total. The number of methoxy groups -OCH3 is 1. The smallest absolute Gasteiger partial charge is 0.290 e. The molecule has 1 saturated heterocycles. The summed E-state index contributed by atoms with van der Waals surface area (Å²) >= 11 is 2.98. The summed E-state index contributed by atoms with van der Waals surface area (Å²) in [6, 6.07) is 12.9. The molecule has 0 bridgehead atoms. The Morgan fingerprint density at radius 3 is 2.74 bits per heavy atom. The summed E-state index contributed by atoms with van der Waals surface area (Å²) < 4.78 is 12.1. The van der Waals surface area contributed by atoms with Crippen molar-refractivity contribution >= 4 is 51.6 Å². The van der Waals surface area contributed by atoms with Crippen molar-refractivity contribution in [3.63, 3.8) is 0 Å². The molecule has 2 aromatic rings. The van der Waals surface area contributed by atoms with Crippen molar-refractivity contribution in [2.45, 2.75) is 6.61 Å². The molecular formula is C19H13IN2O4S. The Morgan fingerprint density at radius 1 is 1.30 bits per heavy atom. The fraction of sp³-hybridized carbons (Fsp3) is 0.105. The second kappa shape index (κ2) is 8.45. The summed E-state index contributed by atoms with van der Waals surface area (Å²) in [6.07, 6.45) is 1.63. The Labute approximate surface area is 173 Å². The first-order chi connectivity index (χ1) is 13.0. The van der Waals surface area contributed by atoms with Crippen LogP contribution in [0.4, 0.5) is 4.79 Å². The second-order valence-corrected chi connectivity index (χ2v) is 7.62. The first kappa shape index (κ1) is 19.3. The van der Waals surface area contributed by atoms with E-state index in [1.54, 1.807) is 24.3 Å². The molecule has 1 fully saturated rings. The van der Waals surface area contributed by atoms with Crippen molar-refractivity contribution in [3.05, 3.63) is 61.6 Å². The van der Waals surface area contributed by atoms with Gasteiger partial charge in [-0.25, -0.2) is 0 Å². The third-order valence-corrected chi connectivity index (χ3v) is 5.31. The zero-order valence-electron chi connectivity index (χ0n) is 14.1. The van der Waals surface area contributed by atoms with E-state index in [0.29, 0.717) is 27.5 Å². The second-order valence-electron chi connectivity index (χ2n) is 5.44. The third-order valence-electron chi connectivity index (χ3n) is 3.70. The quantitative estimate of drug-likeness (QED) is 0.500. The van der Waals surface area contributed by atoms with E-state index in [1.807, 2.05) is 18.2 Å². The molecule has 6 nitrogen and oxygen atoms in total. The van der Waals surface area contributed by atoms with E-state index in [9.17, 15) is 14.9 Å². The van der Waals surface area contributed by atoms with Crippen LogP contribution in [-0.4, -0.2) is 18.3 Å². The number of hydrogen-bond acceptors (Lipinski definition) is 6. The molecule has 2 amide bonds. The Morgan fingerprint density at radius 2 is 2.07 bits per heavy atom. The molecule has 1 aliphatic rings. The molecule has 3 rings (SSSR count). The lowest BCUT2D eigenvalue weighted by Gasteiger charge is -2.14. The van der Waals surface area contributed by atoms with Gasteiger partial charge in [0.25, 0.3) is 11.1 Å². The lowest BCUT2D eigenvalue weighted by Crippen LogP contribution is -2.17. The molecule has 0 aliphatic carbocycles. The van der Waals surface area contributed by atoms with Crippen LogP contribution in [0.2, 0.25) is 0 Å². The molecule has 0 aromatic heterocycles. The first-order valence-electron chi connectivity index (χ1n) is 7.75. The van der Waals surface area contributed by atoms with Crippen LogP contribution in [0.5, 0.6) is 11.5 Å². The molecule has 1 aliphatic heterocycles. The van der Waals surface area contributed by atoms with Gasteiger partial charge in [-0.2, -0.15) is 5.26 Å². The summed E-state index contributed by atoms with van der Waals surface area (Å²) in [4.78, 5) is 23.3. The predicted molar refractivity (Wildman–Crippen MR) is 110 cm³/mol. The zero-order chi connectivity index (χ0) is 19.4. The minimum atomic E-state index is -0.410. The number of thioether (sulfide) groups is 1. The van der Waals surface area contributed by atoms with Gasteiger partial charge in [0.15, 0.2) is 11.5 Å². The van der Waals surface area contributed by atoms with Crippen LogP contribution in [0, 0.1) is 14.9 Å². The SMILES string of the molecule is COc1cc(/C=C2\SC(=O)NC2=O)cc(I)c1OCc1ccccc1C#N. The normalized spacial score (nSPS) is 14.8. The monoisotopic (exact) mass is 492 g/mol. The number of carbonyl (C=O) groups is 2. The van der Waals surface area contributed by atoms with E-state index in [1.165, 1.54) is 7.11 Å². The van der Waals surface area contributed by atoms with Gasteiger partial charge >= 0.3 is 0 Å². The molecule has 1 heterocycles. The first-order valence-corrected chi connectivity index (χ1v) is 9.64. The molecule has 8 heteroatoms. The van der Waals surface area contributed by atoms with Crippen molar-refractivity contribution in [2.24, 2.45) is 0 Å². The fourth-order valence-electron chi connectivity index (χ4n) is 2.44. The molecule has 0 radical (unpaired) electrons. The van der Waals surface area contributed by atoms with Crippen molar-refractivity contribution in [1.29, 1.82) is 5.26 Å². The summed E-state index contributed by atoms with van der Waals surface area (Å²) in [5.74, 6) is 0.637. The van der Waals surface area contributed by atoms with E-state index in [2.05, 4.69) is 34.0 Å². The number of imide groups is 1. The zero-order valence-corrected chi connectivity index (χ0v) is 17.1. The molecule has 27 heavy (non-hydrogen) atoms. The summed E-state index contributed by atoms with van der Waals surface area (Å²) in [5, 5.41) is 11.0. The highest BCUT2D eigenvalue weighted by molar-refractivity contribution is 14.1. The number of ether oxygens (including phenoxy) is 2. The number of hydrogen-bond donors (Lipinski definition) is 1. The van der Waals surface area contributed by atoms with E-state index in [-0.39, 0.29) is 11.8 Å². The highest BCUT2D eigenvalue weighted by Crippen LogP contribution is 2.36. The van der Waals surface area contributed by atoms with Gasteiger partial charge in [0.2, 0.25) is 0 Å². The Bertz CT molecular complexity index is 998. The van der Waals surface area contributed by atoms with Gasteiger partial charge in [-0.15, -0.1) is 0 Å². The highest BCUT2D eigenvalue weighted by Gasteiger charge is 2.25. The lowest BCUT2D eigenvalue weighted by atomic mass is 10.1. The van der Waals surface area contributed by atoms with Gasteiger partial charge in [0.05, 0.1) is 27.2 Å². The maximum absolute atomic E-state index is 11.7. The van der Waals surface area contributed by atoms with Crippen LogP contribution < -0.4 is 14.8 Å². The Hall–Kier alpha value is -2.51. The number of amides is 2. The van der Waals surface area contributed by atoms with Crippen molar-refractivity contribution < 1.29 is 19.1 Å². The van der Waals surface area contributed by atoms with Crippen molar-refractivity contribution in [2.75, 3.05) is 7.11 Å². The molecule has 2 aromatic carbocycles. The molecule has 136 valence electrons. The van der Waals surface area contributed by atoms with Crippen molar-refractivity contribution in [3.8, 4) is 17.6 Å². The minimum absolute atomic E-state index is 0.225. The van der Waals surface area contributed by atoms with Crippen LogP contribution in [-0.2, 0) is 11.4 Å². The topological polar surface area (TPSA) is 88.4 Å². The van der Waals surface area contributed by atoms with Crippen LogP contribution in [0.1, 0.15) is 16.7 Å². The van der Waals surface area contributed by atoms with Gasteiger partial charge in [0.1, 0.15) is 6.61 Å². The maximum Gasteiger partial charge on any atom is 0.290 e. The minimum Gasteiger partial charge on any atom is -0.493 e. The maximum atomic E-state index is 11.7. The number of nitrogens with zero attached hydrogens (tertiary/aromatic N) is 1. The molecule has 0 saturated carbocycles. The van der Waals surface area contributed by atoms with Crippen LogP contribution in [0.25, 0.3) is 6.08 Å². The van der Waals surface area contributed by atoms with Crippen LogP contribution in [0.3, 0.4) is 0 Å². The molecular weight excluding hydrogens is 479 g/mol. The van der Waals surface area contributed by atoms with E-state index >= 15 is 0 Å². The van der Waals surface area contributed by atoms with Crippen LogP contribution >= 0.6 is 34.4 Å². The molecule has 0 unspecified atom stereocenters. The van der Waals surface area contributed by atoms with Crippen molar-refractivity contribution in [1.82, 2.24) is 5.32 Å². The van der Waals surface area contributed by atoms with Gasteiger partial charge in [-0.05, 0) is 64.2 Å². The Balaban J connectivity index is 1.87.